The molecule has 1 heterocycles. The van der Waals surface area contributed by atoms with Gasteiger partial charge in [-0.2, -0.15) is 13.2 Å². The lowest BCUT2D eigenvalue weighted by molar-refractivity contribution is -0.132. The predicted octanol–water partition coefficient (Wildman–Crippen LogP) is 4.76. The summed E-state index contributed by atoms with van der Waals surface area (Å²) in [6.45, 7) is 2.34. The molecule has 1 fully saturated rings. The van der Waals surface area contributed by atoms with E-state index in [1.807, 2.05) is 4.72 Å². The molecule has 0 unspecified atom stereocenters. The lowest BCUT2D eigenvalue weighted by atomic mass is 9.83. The van der Waals surface area contributed by atoms with Crippen molar-refractivity contribution in [3.8, 4) is 5.75 Å². The Morgan fingerprint density at radius 2 is 1.84 bits per heavy atom. The molecule has 1 aliphatic rings. The normalized spacial score (nSPS) is 15.5. The number of amides is 2. The molecule has 2 amide bonds. The Bertz CT molecular complexity index is 1350. The quantitative estimate of drug-likeness (QED) is 0.193. The van der Waals surface area contributed by atoms with Gasteiger partial charge in [-0.15, -0.1) is 0 Å². The highest BCUT2D eigenvalue weighted by Gasteiger charge is 2.34. The molecular weight excluding hydrogens is 625 g/mol. The van der Waals surface area contributed by atoms with Crippen LogP contribution in [0.3, 0.4) is 0 Å². The van der Waals surface area contributed by atoms with Crippen LogP contribution < -0.4 is 20.1 Å². The monoisotopic (exact) mass is 657 g/mol. The van der Waals surface area contributed by atoms with Crippen LogP contribution in [0.4, 0.5) is 27.6 Å². The van der Waals surface area contributed by atoms with Crippen LogP contribution >= 0.6 is 11.8 Å². The fraction of sp³-hybridized carbons (Fsp3) is 0.600. The number of benzene rings is 1. The summed E-state index contributed by atoms with van der Waals surface area (Å²) in [5, 5.41) is 12.1. The first-order valence-corrected chi connectivity index (χ1v) is 15.9. The molecular formula is C25H32F5N5O6S2. The van der Waals surface area contributed by atoms with Gasteiger partial charge in [-0.1, -0.05) is 31.0 Å². The predicted molar refractivity (Wildman–Crippen MR) is 146 cm³/mol. The molecule has 0 saturated heterocycles. The lowest BCUT2D eigenvalue weighted by Gasteiger charge is -2.30. The molecule has 240 valence electrons. The Hall–Kier alpha value is -2.99. The zero-order valence-electron chi connectivity index (χ0n) is 23.2. The van der Waals surface area contributed by atoms with Gasteiger partial charge in [0.2, 0.25) is 28.0 Å². The number of thioether (sulfide) groups is 1. The second-order valence-electron chi connectivity index (χ2n) is 10.0. The number of ether oxygens (including phenoxy) is 1. The number of sulfonamides is 1. The van der Waals surface area contributed by atoms with Gasteiger partial charge in [0.15, 0.2) is 5.03 Å². The average molecular weight is 658 g/mol. The molecule has 1 aromatic heterocycles. The van der Waals surface area contributed by atoms with Crippen molar-refractivity contribution in [2.45, 2.75) is 87.0 Å². The molecule has 0 aliphatic heterocycles. The Morgan fingerprint density at radius 3 is 2.47 bits per heavy atom. The summed E-state index contributed by atoms with van der Waals surface area (Å²) < 4.78 is 101. The van der Waals surface area contributed by atoms with E-state index in [-0.39, 0.29) is 28.1 Å². The van der Waals surface area contributed by atoms with Gasteiger partial charge in [-0.25, -0.2) is 26.5 Å². The van der Waals surface area contributed by atoms with Gasteiger partial charge < -0.3 is 15.4 Å². The standard InChI is InChI=1S/C25H32F5N5O6S2/c1-14(2)40-17-12-16(8-9-18(17)43(38,39)31-11-10-25(28,29)30)32-22(36)20(15-6-4-3-5-7-15)33-23(37)21-24(35-41-34-21)42-13-19(26)27/h8-9,12,14-15,19-20,31H,3-7,10-11,13H2,1-2H3,(H,32,36)(H,33,37)/t20-/m0/s1. The number of nitrogens with one attached hydrogen (secondary N) is 3. The van der Waals surface area contributed by atoms with Crippen LogP contribution in [-0.2, 0) is 14.8 Å². The Morgan fingerprint density at radius 1 is 1.14 bits per heavy atom. The maximum atomic E-state index is 13.5. The van der Waals surface area contributed by atoms with Crippen LogP contribution in [0.15, 0.2) is 32.7 Å². The highest BCUT2D eigenvalue weighted by molar-refractivity contribution is 7.99. The van der Waals surface area contributed by atoms with Gasteiger partial charge in [0.1, 0.15) is 16.7 Å². The molecule has 1 aromatic carbocycles. The Balaban J connectivity index is 1.83. The van der Waals surface area contributed by atoms with E-state index in [0.29, 0.717) is 24.6 Å². The summed E-state index contributed by atoms with van der Waals surface area (Å²) >= 11 is 0.577. The summed E-state index contributed by atoms with van der Waals surface area (Å²) in [6.07, 6.45) is -5.32. The zero-order valence-corrected chi connectivity index (χ0v) is 24.9. The van der Waals surface area contributed by atoms with Crippen LogP contribution in [0, 0.1) is 5.92 Å². The smallest absolute Gasteiger partial charge is 0.390 e. The van der Waals surface area contributed by atoms with Gasteiger partial charge in [0, 0.05) is 18.3 Å². The number of anilines is 1. The SMILES string of the molecule is CC(C)Oc1cc(NC(=O)[C@@H](NC(=O)c2nonc2SCC(F)F)C2CCCCC2)ccc1S(=O)(=O)NCCC(F)(F)F. The van der Waals surface area contributed by atoms with Crippen molar-refractivity contribution in [2.24, 2.45) is 5.92 Å². The van der Waals surface area contributed by atoms with Crippen molar-refractivity contribution >= 4 is 39.3 Å². The third-order valence-electron chi connectivity index (χ3n) is 6.27. The molecule has 1 saturated carbocycles. The lowest BCUT2D eigenvalue weighted by Crippen LogP contribution is -2.49. The zero-order chi connectivity index (χ0) is 31.8. The fourth-order valence-corrected chi connectivity index (χ4v) is 6.19. The van der Waals surface area contributed by atoms with E-state index in [2.05, 4.69) is 25.6 Å². The summed E-state index contributed by atoms with van der Waals surface area (Å²) in [6, 6.07) is 2.46. The highest BCUT2D eigenvalue weighted by Crippen LogP contribution is 2.31. The van der Waals surface area contributed by atoms with Crippen molar-refractivity contribution < 1.29 is 49.3 Å². The number of nitrogens with zero attached hydrogens (tertiary/aromatic N) is 2. The van der Waals surface area contributed by atoms with Gasteiger partial charge >= 0.3 is 6.18 Å². The van der Waals surface area contributed by atoms with Crippen molar-refractivity contribution in [2.75, 3.05) is 17.6 Å². The minimum Gasteiger partial charge on any atom is -0.490 e. The van der Waals surface area contributed by atoms with Crippen LogP contribution in [-0.4, -0.2) is 67.6 Å². The third kappa shape index (κ3) is 10.6. The van der Waals surface area contributed by atoms with Gasteiger partial charge in [-0.05, 0) is 55.1 Å². The highest BCUT2D eigenvalue weighted by atomic mass is 32.2. The van der Waals surface area contributed by atoms with Crippen LogP contribution in [0.25, 0.3) is 0 Å². The first-order chi connectivity index (χ1) is 20.2. The third-order valence-corrected chi connectivity index (χ3v) is 8.73. The summed E-state index contributed by atoms with van der Waals surface area (Å²) in [7, 11) is -4.41. The fourth-order valence-electron chi connectivity index (χ4n) is 4.41. The average Bonchev–Trinajstić information content (AvgIpc) is 3.38. The van der Waals surface area contributed by atoms with Gasteiger partial charge in [0.25, 0.3) is 5.91 Å². The Labute approximate surface area is 249 Å². The minimum absolute atomic E-state index is 0.0984. The van der Waals surface area contributed by atoms with E-state index >= 15 is 0 Å². The molecule has 18 heteroatoms. The van der Waals surface area contributed by atoms with E-state index in [9.17, 15) is 40.0 Å². The maximum Gasteiger partial charge on any atom is 0.390 e. The molecule has 3 rings (SSSR count). The topological polar surface area (TPSA) is 153 Å². The van der Waals surface area contributed by atoms with E-state index in [1.54, 1.807) is 13.8 Å². The van der Waals surface area contributed by atoms with E-state index in [0.717, 1.165) is 25.3 Å². The van der Waals surface area contributed by atoms with Crippen molar-refractivity contribution in [3.63, 3.8) is 0 Å². The number of aromatic nitrogens is 2. The number of hydrogen-bond acceptors (Lipinski definition) is 9. The molecule has 0 bridgehead atoms. The van der Waals surface area contributed by atoms with E-state index in [4.69, 9.17) is 4.74 Å². The number of halogens is 5. The molecule has 3 N–H and O–H groups in total. The number of carbonyl (C=O) groups is 2. The number of alkyl halides is 5. The summed E-state index contributed by atoms with van der Waals surface area (Å²) in [5.74, 6) is -2.63. The van der Waals surface area contributed by atoms with Crippen LogP contribution in [0.5, 0.6) is 5.75 Å². The van der Waals surface area contributed by atoms with Crippen molar-refractivity contribution in [1.29, 1.82) is 0 Å². The second kappa shape index (κ2) is 15.1. The van der Waals surface area contributed by atoms with Crippen LogP contribution in [0.2, 0.25) is 0 Å². The minimum atomic E-state index is -4.56. The summed E-state index contributed by atoms with van der Waals surface area (Å²) in [4.78, 5) is 26.1. The summed E-state index contributed by atoms with van der Waals surface area (Å²) in [5.41, 5.74) is -0.249. The number of rotatable bonds is 14. The second-order valence-corrected chi connectivity index (χ2v) is 12.8. The van der Waals surface area contributed by atoms with E-state index in [1.165, 1.54) is 12.1 Å². The number of hydrogen-bond donors (Lipinski definition) is 3. The molecule has 1 aliphatic carbocycles. The van der Waals surface area contributed by atoms with Crippen molar-refractivity contribution in [1.82, 2.24) is 20.4 Å². The Kier molecular flexibility index (Phi) is 12.1. The van der Waals surface area contributed by atoms with E-state index < -0.39 is 70.2 Å². The largest absolute Gasteiger partial charge is 0.490 e. The molecule has 1 atom stereocenters. The van der Waals surface area contributed by atoms with Crippen LogP contribution in [0.1, 0.15) is 62.9 Å². The number of carbonyl (C=O) groups excluding carboxylic acids is 2. The first-order valence-electron chi connectivity index (χ1n) is 13.4. The molecule has 0 spiro atoms. The molecule has 2 aromatic rings. The first kappa shape index (κ1) is 34.5. The maximum absolute atomic E-state index is 13.5. The van der Waals surface area contributed by atoms with Gasteiger partial charge in [0.05, 0.1) is 18.3 Å². The van der Waals surface area contributed by atoms with Crippen molar-refractivity contribution in [3.05, 3.63) is 23.9 Å². The molecule has 0 radical (unpaired) electrons. The van der Waals surface area contributed by atoms with Gasteiger partial charge in [-0.3, -0.25) is 9.59 Å². The molecule has 43 heavy (non-hydrogen) atoms. The molecule has 11 nitrogen and oxygen atoms in total.